The molecule has 0 aliphatic rings. The number of hydrogen-bond acceptors (Lipinski definition) is 7. The van der Waals surface area contributed by atoms with Crippen LogP contribution in [0.15, 0.2) is 18.2 Å². The second-order valence-electron chi connectivity index (χ2n) is 3.48. The number of nitrogens with one attached hydrogen (secondary N) is 1. The molecule has 0 aliphatic carbocycles. The van der Waals surface area contributed by atoms with Crippen molar-refractivity contribution < 1.29 is 9.47 Å². The van der Waals surface area contributed by atoms with Crippen molar-refractivity contribution >= 4 is 29.2 Å². The van der Waals surface area contributed by atoms with E-state index in [2.05, 4.69) is 20.4 Å². The SMILES string of the molecule is CCOc1nc(NN)nc(Oc2ccc(Cl)cc2Cl)n1. The number of benzene rings is 1. The molecule has 20 heavy (non-hydrogen) atoms. The molecule has 0 saturated carbocycles. The summed E-state index contributed by atoms with van der Waals surface area (Å²) in [6, 6.07) is 4.88. The maximum Gasteiger partial charge on any atom is 0.330 e. The Morgan fingerprint density at radius 1 is 1.20 bits per heavy atom. The van der Waals surface area contributed by atoms with E-state index in [0.717, 1.165) is 0 Å². The average Bonchev–Trinajstić information content (AvgIpc) is 2.42. The first-order valence-electron chi connectivity index (χ1n) is 5.60. The number of rotatable bonds is 5. The van der Waals surface area contributed by atoms with Gasteiger partial charge in [0.2, 0.25) is 5.95 Å². The molecule has 3 N–H and O–H groups in total. The molecule has 1 heterocycles. The summed E-state index contributed by atoms with van der Waals surface area (Å²) in [4.78, 5) is 11.8. The molecule has 0 radical (unpaired) electrons. The standard InChI is InChI=1S/C11H11Cl2N5O2/c1-2-19-10-15-9(18-14)16-11(17-10)20-8-4-3-6(12)5-7(8)13/h3-5H,2,14H2,1H3,(H,15,16,17,18). The lowest BCUT2D eigenvalue weighted by Gasteiger charge is -2.08. The van der Waals surface area contributed by atoms with Crippen LogP contribution < -0.4 is 20.7 Å². The summed E-state index contributed by atoms with van der Waals surface area (Å²) in [6.07, 6.45) is 0. The van der Waals surface area contributed by atoms with Gasteiger partial charge in [0.1, 0.15) is 5.75 Å². The van der Waals surface area contributed by atoms with Crippen molar-refractivity contribution in [3.63, 3.8) is 0 Å². The molecule has 0 spiro atoms. The van der Waals surface area contributed by atoms with Crippen molar-refractivity contribution in [3.8, 4) is 17.8 Å². The number of ether oxygens (including phenoxy) is 2. The molecule has 0 unspecified atom stereocenters. The summed E-state index contributed by atoms with van der Waals surface area (Å²) in [5.74, 6) is 5.74. The van der Waals surface area contributed by atoms with Gasteiger partial charge in [-0.15, -0.1) is 4.98 Å². The molecule has 9 heteroatoms. The Morgan fingerprint density at radius 2 is 1.95 bits per heavy atom. The smallest absolute Gasteiger partial charge is 0.330 e. The quantitative estimate of drug-likeness (QED) is 0.646. The van der Waals surface area contributed by atoms with E-state index in [4.69, 9.17) is 38.5 Å². The average molecular weight is 316 g/mol. The van der Waals surface area contributed by atoms with Gasteiger partial charge in [-0.2, -0.15) is 9.97 Å². The lowest BCUT2D eigenvalue weighted by molar-refractivity contribution is 0.304. The van der Waals surface area contributed by atoms with E-state index in [1.807, 2.05) is 0 Å². The van der Waals surface area contributed by atoms with Crippen LogP contribution in [-0.4, -0.2) is 21.6 Å². The van der Waals surface area contributed by atoms with Crippen LogP contribution in [0.3, 0.4) is 0 Å². The van der Waals surface area contributed by atoms with Crippen molar-refractivity contribution in [1.29, 1.82) is 0 Å². The number of hydrogen-bond donors (Lipinski definition) is 2. The van der Waals surface area contributed by atoms with E-state index in [9.17, 15) is 0 Å². The molecule has 7 nitrogen and oxygen atoms in total. The van der Waals surface area contributed by atoms with Crippen LogP contribution in [0.5, 0.6) is 17.8 Å². The molecule has 0 bridgehead atoms. The second-order valence-corrected chi connectivity index (χ2v) is 4.32. The first kappa shape index (κ1) is 14.6. The molecule has 1 aromatic heterocycles. The maximum absolute atomic E-state index is 6.00. The Bertz CT molecular complexity index is 611. The second kappa shape index (κ2) is 6.56. The fourth-order valence-electron chi connectivity index (χ4n) is 1.30. The number of hydrazine groups is 1. The largest absolute Gasteiger partial charge is 0.464 e. The molecule has 0 saturated heterocycles. The highest BCUT2D eigenvalue weighted by atomic mass is 35.5. The summed E-state index contributed by atoms with van der Waals surface area (Å²) in [5, 5.41) is 0.829. The van der Waals surface area contributed by atoms with Crippen molar-refractivity contribution in [2.45, 2.75) is 6.92 Å². The summed E-state index contributed by atoms with van der Waals surface area (Å²) >= 11 is 11.8. The fourth-order valence-corrected chi connectivity index (χ4v) is 1.75. The number of nitrogens with two attached hydrogens (primary N) is 1. The number of nitrogens with zero attached hydrogens (tertiary/aromatic N) is 3. The number of halogens is 2. The monoisotopic (exact) mass is 315 g/mol. The van der Waals surface area contributed by atoms with Gasteiger partial charge in [-0.1, -0.05) is 23.2 Å². The minimum absolute atomic E-state index is 0.000576. The fraction of sp³-hybridized carbons (Fsp3) is 0.182. The van der Waals surface area contributed by atoms with Crippen molar-refractivity contribution in [2.24, 2.45) is 5.84 Å². The minimum Gasteiger partial charge on any atom is -0.464 e. The molecule has 0 aliphatic heterocycles. The van der Waals surface area contributed by atoms with Gasteiger partial charge in [-0.25, -0.2) is 5.84 Å². The Kier molecular flexibility index (Phi) is 4.78. The zero-order chi connectivity index (χ0) is 14.5. The first-order chi connectivity index (χ1) is 9.62. The zero-order valence-electron chi connectivity index (χ0n) is 10.4. The van der Waals surface area contributed by atoms with Gasteiger partial charge in [0, 0.05) is 5.02 Å². The van der Waals surface area contributed by atoms with E-state index >= 15 is 0 Å². The van der Waals surface area contributed by atoms with E-state index in [1.165, 1.54) is 0 Å². The van der Waals surface area contributed by atoms with Crippen molar-refractivity contribution in [3.05, 3.63) is 28.2 Å². The molecule has 106 valence electrons. The predicted molar refractivity (Wildman–Crippen MR) is 75.3 cm³/mol. The molecule has 2 aromatic rings. The molecular weight excluding hydrogens is 305 g/mol. The van der Waals surface area contributed by atoms with E-state index < -0.39 is 0 Å². The van der Waals surface area contributed by atoms with Crippen LogP contribution in [0.1, 0.15) is 6.92 Å². The Hall–Kier alpha value is -1.83. The Labute approximate surface area is 125 Å². The lowest BCUT2D eigenvalue weighted by Crippen LogP contribution is -2.12. The summed E-state index contributed by atoms with van der Waals surface area (Å²) in [5.41, 5.74) is 2.30. The van der Waals surface area contributed by atoms with Crippen LogP contribution in [0.4, 0.5) is 5.95 Å². The topological polar surface area (TPSA) is 95.2 Å². The minimum atomic E-state index is 0.000576. The van der Waals surface area contributed by atoms with Crippen LogP contribution in [0.2, 0.25) is 10.0 Å². The number of nitrogen functional groups attached to an aromatic ring is 1. The van der Waals surface area contributed by atoms with Gasteiger partial charge in [0.15, 0.2) is 0 Å². The molecule has 1 aromatic carbocycles. The van der Waals surface area contributed by atoms with Crippen LogP contribution in [0, 0.1) is 0 Å². The van der Waals surface area contributed by atoms with E-state index in [-0.39, 0.29) is 18.0 Å². The molecule has 0 amide bonds. The van der Waals surface area contributed by atoms with Gasteiger partial charge >= 0.3 is 12.0 Å². The van der Waals surface area contributed by atoms with Gasteiger partial charge in [-0.05, 0) is 25.1 Å². The van der Waals surface area contributed by atoms with Crippen molar-refractivity contribution in [1.82, 2.24) is 15.0 Å². The summed E-state index contributed by atoms with van der Waals surface area (Å²) in [7, 11) is 0. The highest BCUT2D eigenvalue weighted by Crippen LogP contribution is 2.30. The molecule has 2 rings (SSSR count). The maximum atomic E-state index is 6.00. The normalized spacial score (nSPS) is 10.2. The van der Waals surface area contributed by atoms with E-state index in [0.29, 0.717) is 22.4 Å². The van der Waals surface area contributed by atoms with E-state index in [1.54, 1.807) is 25.1 Å². The third kappa shape index (κ3) is 3.60. The Balaban J connectivity index is 2.29. The van der Waals surface area contributed by atoms with Gasteiger partial charge < -0.3 is 9.47 Å². The van der Waals surface area contributed by atoms with Crippen LogP contribution >= 0.6 is 23.2 Å². The highest BCUT2D eigenvalue weighted by molar-refractivity contribution is 6.35. The highest BCUT2D eigenvalue weighted by Gasteiger charge is 2.11. The molecule has 0 atom stereocenters. The predicted octanol–water partition coefficient (Wildman–Crippen LogP) is 2.66. The first-order valence-corrected chi connectivity index (χ1v) is 6.36. The van der Waals surface area contributed by atoms with Gasteiger partial charge in [-0.3, -0.25) is 5.43 Å². The Morgan fingerprint density at radius 3 is 2.60 bits per heavy atom. The number of anilines is 1. The molecule has 0 fully saturated rings. The van der Waals surface area contributed by atoms with Gasteiger partial charge in [0.25, 0.3) is 0 Å². The van der Waals surface area contributed by atoms with Crippen LogP contribution in [-0.2, 0) is 0 Å². The third-order valence-corrected chi connectivity index (χ3v) is 2.62. The third-order valence-electron chi connectivity index (χ3n) is 2.09. The van der Waals surface area contributed by atoms with Gasteiger partial charge in [0.05, 0.1) is 11.6 Å². The number of aromatic nitrogens is 3. The molecular formula is C11H11Cl2N5O2. The zero-order valence-corrected chi connectivity index (χ0v) is 11.9. The van der Waals surface area contributed by atoms with Crippen LogP contribution in [0.25, 0.3) is 0 Å². The summed E-state index contributed by atoms with van der Waals surface area (Å²) in [6.45, 7) is 2.20. The van der Waals surface area contributed by atoms with Crippen molar-refractivity contribution in [2.75, 3.05) is 12.0 Å². The lowest BCUT2D eigenvalue weighted by atomic mass is 10.3. The summed E-state index contributed by atoms with van der Waals surface area (Å²) < 4.78 is 10.6.